The standard InChI is InChI=1S/C19H20N2O2S/c1-4-17-18(13-9-11-14(22-2)12-10-13)21-19(24-17)20-15-7-5-6-8-16(15)23-3/h5-12H,4H2,1-3H3,(H,20,21). The van der Waals surface area contributed by atoms with Crippen LogP contribution in [-0.2, 0) is 6.42 Å². The summed E-state index contributed by atoms with van der Waals surface area (Å²) in [7, 11) is 3.34. The zero-order valence-electron chi connectivity index (χ0n) is 14.0. The smallest absolute Gasteiger partial charge is 0.188 e. The number of methoxy groups -OCH3 is 2. The largest absolute Gasteiger partial charge is 0.497 e. The Labute approximate surface area is 146 Å². The van der Waals surface area contributed by atoms with Crippen molar-refractivity contribution >= 4 is 22.2 Å². The quantitative estimate of drug-likeness (QED) is 0.675. The highest BCUT2D eigenvalue weighted by molar-refractivity contribution is 7.16. The first-order chi connectivity index (χ1) is 11.7. The number of nitrogens with zero attached hydrogens (tertiary/aromatic N) is 1. The number of para-hydroxylation sites is 2. The number of hydrogen-bond acceptors (Lipinski definition) is 5. The minimum Gasteiger partial charge on any atom is -0.497 e. The van der Waals surface area contributed by atoms with E-state index in [0.717, 1.165) is 40.0 Å². The van der Waals surface area contributed by atoms with E-state index < -0.39 is 0 Å². The van der Waals surface area contributed by atoms with Gasteiger partial charge < -0.3 is 14.8 Å². The first-order valence-electron chi connectivity index (χ1n) is 7.79. The molecule has 5 heteroatoms. The number of rotatable bonds is 6. The zero-order chi connectivity index (χ0) is 16.9. The van der Waals surface area contributed by atoms with Crippen molar-refractivity contribution in [3.05, 3.63) is 53.4 Å². The first kappa shape index (κ1) is 16.3. The molecule has 0 amide bonds. The molecule has 1 aromatic heterocycles. The topological polar surface area (TPSA) is 43.4 Å². The van der Waals surface area contributed by atoms with Crippen LogP contribution in [0.25, 0.3) is 11.3 Å². The average Bonchev–Trinajstić information content (AvgIpc) is 3.05. The van der Waals surface area contributed by atoms with Gasteiger partial charge in [-0.25, -0.2) is 4.98 Å². The second-order valence-corrected chi connectivity index (χ2v) is 6.28. The van der Waals surface area contributed by atoms with Crippen LogP contribution < -0.4 is 14.8 Å². The Kier molecular flexibility index (Phi) is 5.01. The third kappa shape index (κ3) is 3.36. The van der Waals surface area contributed by atoms with Gasteiger partial charge in [0.15, 0.2) is 5.13 Å². The number of benzene rings is 2. The van der Waals surface area contributed by atoms with Crippen molar-refractivity contribution in [2.45, 2.75) is 13.3 Å². The van der Waals surface area contributed by atoms with Gasteiger partial charge in [0.2, 0.25) is 0 Å². The molecule has 3 rings (SSSR count). The van der Waals surface area contributed by atoms with Crippen LogP contribution in [0.5, 0.6) is 11.5 Å². The third-order valence-electron chi connectivity index (χ3n) is 3.73. The van der Waals surface area contributed by atoms with Crippen molar-refractivity contribution in [3.63, 3.8) is 0 Å². The lowest BCUT2D eigenvalue weighted by Gasteiger charge is -2.08. The van der Waals surface area contributed by atoms with Crippen LogP contribution in [0.3, 0.4) is 0 Å². The van der Waals surface area contributed by atoms with E-state index in [0.29, 0.717) is 0 Å². The van der Waals surface area contributed by atoms with Crippen LogP contribution in [-0.4, -0.2) is 19.2 Å². The second kappa shape index (κ2) is 7.36. The number of anilines is 2. The molecule has 0 bridgehead atoms. The fraction of sp³-hybridized carbons (Fsp3) is 0.211. The molecule has 0 atom stereocenters. The van der Waals surface area contributed by atoms with Crippen LogP contribution in [0.15, 0.2) is 48.5 Å². The Bertz CT molecular complexity index is 812. The molecule has 0 aliphatic rings. The van der Waals surface area contributed by atoms with Crippen molar-refractivity contribution < 1.29 is 9.47 Å². The molecule has 124 valence electrons. The van der Waals surface area contributed by atoms with Gasteiger partial charge in [0, 0.05) is 10.4 Å². The number of hydrogen-bond donors (Lipinski definition) is 1. The van der Waals surface area contributed by atoms with E-state index in [1.807, 2.05) is 48.5 Å². The van der Waals surface area contributed by atoms with Gasteiger partial charge in [-0.2, -0.15) is 0 Å². The van der Waals surface area contributed by atoms with Gasteiger partial charge in [0.1, 0.15) is 11.5 Å². The summed E-state index contributed by atoms with van der Waals surface area (Å²) in [6.45, 7) is 2.15. The lowest BCUT2D eigenvalue weighted by molar-refractivity contribution is 0.415. The Morgan fingerprint density at radius 1 is 1.00 bits per heavy atom. The van der Waals surface area contributed by atoms with E-state index in [4.69, 9.17) is 14.5 Å². The first-order valence-corrected chi connectivity index (χ1v) is 8.61. The van der Waals surface area contributed by atoms with E-state index in [-0.39, 0.29) is 0 Å². The normalized spacial score (nSPS) is 10.5. The molecule has 0 radical (unpaired) electrons. The van der Waals surface area contributed by atoms with Gasteiger partial charge in [-0.1, -0.05) is 19.1 Å². The Morgan fingerprint density at radius 2 is 1.75 bits per heavy atom. The van der Waals surface area contributed by atoms with E-state index in [2.05, 4.69) is 12.2 Å². The van der Waals surface area contributed by atoms with Crippen molar-refractivity contribution in [1.29, 1.82) is 0 Å². The van der Waals surface area contributed by atoms with E-state index in [9.17, 15) is 0 Å². The number of thiazole rings is 1. The molecule has 0 fully saturated rings. The van der Waals surface area contributed by atoms with Gasteiger partial charge in [0.25, 0.3) is 0 Å². The monoisotopic (exact) mass is 340 g/mol. The highest BCUT2D eigenvalue weighted by Gasteiger charge is 2.13. The zero-order valence-corrected chi connectivity index (χ0v) is 14.8. The van der Waals surface area contributed by atoms with Crippen LogP contribution in [0.1, 0.15) is 11.8 Å². The highest BCUT2D eigenvalue weighted by Crippen LogP contribution is 2.35. The van der Waals surface area contributed by atoms with Crippen molar-refractivity contribution in [3.8, 4) is 22.8 Å². The van der Waals surface area contributed by atoms with Crippen molar-refractivity contribution in [1.82, 2.24) is 4.98 Å². The maximum atomic E-state index is 5.39. The number of aryl methyl sites for hydroxylation is 1. The maximum absolute atomic E-state index is 5.39. The van der Waals surface area contributed by atoms with E-state index in [1.54, 1.807) is 25.6 Å². The number of nitrogens with one attached hydrogen (secondary N) is 1. The van der Waals surface area contributed by atoms with E-state index >= 15 is 0 Å². The highest BCUT2D eigenvalue weighted by atomic mass is 32.1. The number of aromatic nitrogens is 1. The van der Waals surface area contributed by atoms with Crippen LogP contribution in [0.2, 0.25) is 0 Å². The molecule has 0 aliphatic heterocycles. The van der Waals surface area contributed by atoms with Crippen LogP contribution in [0, 0.1) is 0 Å². The second-order valence-electron chi connectivity index (χ2n) is 5.20. The molecule has 4 nitrogen and oxygen atoms in total. The minimum absolute atomic E-state index is 0.803. The average molecular weight is 340 g/mol. The summed E-state index contributed by atoms with van der Waals surface area (Å²) in [4.78, 5) is 6.04. The molecule has 0 unspecified atom stereocenters. The van der Waals surface area contributed by atoms with Gasteiger partial charge >= 0.3 is 0 Å². The van der Waals surface area contributed by atoms with Gasteiger partial charge in [-0.3, -0.25) is 0 Å². The predicted octanol–water partition coefficient (Wildman–Crippen LogP) is 5.13. The van der Waals surface area contributed by atoms with Crippen LogP contribution >= 0.6 is 11.3 Å². The molecular formula is C19H20N2O2S. The summed E-state index contributed by atoms with van der Waals surface area (Å²) >= 11 is 1.67. The molecular weight excluding hydrogens is 320 g/mol. The minimum atomic E-state index is 0.803. The van der Waals surface area contributed by atoms with Gasteiger partial charge in [-0.05, 0) is 42.8 Å². The Hall–Kier alpha value is -2.53. The van der Waals surface area contributed by atoms with Crippen molar-refractivity contribution in [2.75, 3.05) is 19.5 Å². The summed E-state index contributed by atoms with van der Waals surface area (Å²) in [5, 5.41) is 4.23. The summed E-state index contributed by atoms with van der Waals surface area (Å²) in [5.74, 6) is 1.65. The third-order valence-corrected chi connectivity index (χ3v) is 4.85. The lowest BCUT2D eigenvalue weighted by atomic mass is 10.1. The number of ether oxygens (including phenoxy) is 2. The van der Waals surface area contributed by atoms with Crippen molar-refractivity contribution in [2.24, 2.45) is 0 Å². The molecule has 1 N–H and O–H groups in total. The SMILES string of the molecule is CCc1sc(Nc2ccccc2OC)nc1-c1ccc(OC)cc1. The summed E-state index contributed by atoms with van der Waals surface area (Å²) < 4.78 is 10.6. The predicted molar refractivity (Wildman–Crippen MR) is 99.8 cm³/mol. The molecule has 2 aromatic carbocycles. The maximum Gasteiger partial charge on any atom is 0.188 e. The molecule has 0 aliphatic carbocycles. The Balaban J connectivity index is 1.92. The summed E-state index contributed by atoms with van der Waals surface area (Å²) in [6, 6.07) is 15.8. The fourth-order valence-electron chi connectivity index (χ4n) is 2.48. The summed E-state index contributed by atoms with van der Waals surface area (Å²) in [6.07, 6.45) is 0.937. The fourth-order valence-corrected chi connectivity index (χ4v) is 3.42. The molecule has 0 saturated heterocycles. The molecule has 1 heterocycles. The van der Waals surface area contributed by atoms with Gasteiger partial charge in [0.05, 0.1) is 25.6 Å². The Morgan fingerprint density at radius 3 is 2.42 bits per heavy atom. The summed E-state index contributed by atoms with van der Waals surface area (Å²) in [5.41, 5.74) is 3.03. The van der Waals surface area contributed by atoms with E-state index in [1.165, 1.54) is 4.88 Å². The molecule has 0 spiro atoms. The lowest BCUT2D eigenvalue weighted by Crippen LogP contribution is -1.93. The molecule has 0 saturated carbocycles. The molecule has 3 aromatic rings. The van der Waals surface area contributed by atoms with Gasteiger partial charge in [-0.15, -0.1) is 11.3 Å². The molecule has 24 heavy (non-hydrogen) atoms. The van der Waals surface area contributed by atoms with Crippen LogP contribution in [0.4, 0.5) is 10.8 Å².